The molecule has 0 heterocycles. The van der Waals surface area contributed by atoms with E-state index in [1.54, 1.807) is 24.3 Å². The highest BCUT2D eigenvalue weighted by Gasteiger charge is 2.22. The van der Waals surface area contributed by atoms with Gasteiger partial charge in [-0.05, 0) is 24.3 Å². The summed E-state index contributed by atoms with van der Waals surface area (Å²) in [6, 6.07) is 12.7. The van der Waals surface area contributed by atoms with E-state index in [1.165, 1.54) is 12.1 Å². The highest BCUT2D eigenvalue weighted by molar-refractivity contribution is 5.83. The zero-order valence-corrected chi connectivity index (χ0v) is 11.3. The van der Waals surface area contributed by atoms with Gasteiger partial charge in [-0.3, -0.25) is 9.59 Å². The minimum atomic E-state index is -0.818. The average Bonchev–Trinajstić information content (AvgIpc) is 2.55. The molecule has 0 atom stereocenters. The normalized spacial score (nSPS) is 10.6. The van der Waals surface area contributed by atoms with Crippen molar-refractivity contribution in [3.63, 3.8) is 0 Å². The second kappa shape index (κ2) is 5.33. The highest BCUT2D eigenvalue weighted by Crippen LogP contribution is 2.31. The van der Waals surface area contributed by atoms with Crippen molar-refractivity contribution >= 4 is 22.7 Å². The molecule has 6 heteroatoms. The van der Waals surface area contributed by atoms with Crippen LogP contribution in [-0.2, 0) is 0 Å². The molecule has 0 aromatic heterocycles. The first-order valence-electron chi connectivity index (χ1n) is 6.48. The predicted octanol–water partition coefficient (Wildman–Crippen LogP) is 2.61. The third-order valence-electron chi connectivity index (χ3n) is 3.20. The van der Waals surface area contributed by atoms with Gasteiger partial charge in [0.2, 0.25) is 0 Å². The Morgan fingerprint density at radius 1 is 0.818 bits per heavy atom. The summed E-state index contributed by atoms with van der Waals surface area (Å²) in [5.74, 6) is -1.43. The van der Waals surface area contributed by atoms with E-state index in [4.69, 9.17) is 0 Å². The summed E-state index contributed by atoms with van der Waals surface area (Å²) in [7, 11) is 0. The number of rotatable bonds is 4. The molecule has 0 bridgehead atoms. The van der Waals surface area contributed by atoms with Crippen molar-refractivity contribution < 1.29 is 9.50 Å². The highest BCUT2D eigenvalue weighted by atomic mass is 19.1. The molecule has 3 rings (SSSR count). The number of aromatic hydroxyl groups is 1. The van der Waals surface area contributed by atoms with Crippen LogP contribution in [0.1, 0.15) is 0 Å². The number of phenolic OH excluding ortho intramolecular Hbond substituents is 1. The van der Waals surface area contributed by atoms with E-state index < -0.39 is 22.4 Å². The van der Waals surface area contributed by atoms with Gasteiger partial charge in [-0.2, -0.15) is 0 Å². The van der Waals surface area contributed by atoms with Gasteiger partial charge in [-0.15, -0.1) is 0 Å². The van der Waals surface area contributed by atoms with E-state index in [-0.39, 0.29) is 17.1 Å². The number of hydrogen-bond acceptors (Lipinski definition) is 5. The Hall–Kier alpha value is -3.15. The second-order valence-electron chi connectivity index (χ2n) is 4.66. The van der Waals surface area contributed by atoms with E-state index in [0.29, 0.717) is 5.69 Å². The lowest BCUT2D eigenvalue weighted by Gasteiger charge is -2.15. The number of anilines is 4. The van der Waals surface area contributed by atoms with Crippen LogP contribution in [0.5, 0.6) is 5.75 Å². The number of phenols is 1. The zero-order chi connectivity index (χ0) is 15.7. The van der Waals surface area contributed by atoms with Crippen LogP contribution >= 0.6 is 0 Å². The maximum atomic E-state index is 13.3. The van der Waals surface area contributed by atoms with Crippen molar-refractivity contribution in [2.75, 3.05) is 10.6 Å². The molecule has 22 heavy (non-hydrogen) atoms. The lowest BCUT2D eigenvalue weighted by molar-refractivity contribution is 0.435. The molecule has 0 spiro atoms. The summed E-state index contributed by atoms with van der Waals surface area (Å²) >= 11 is 0. The number of halogens is 1. The van der Waals surface area contributed by atoms with Gasteiger partial charge in [0.05, 0.1) is 5.69 Å². The third-order valence-corrected chi connectivity index (χ3v) is 3.20. The fourth-order valence-corrected chi connectivity index (χ4v) is 2.05. The van der Waals surface area contributed by atoms with Gasteiger partial charge in [0.1, 0.15) is 11.4 Å². The molecule has 0 aliphatic heterocycles. The van der Waals surface area contributed by atoms with Crippen LogP contribution < -0.4 is 21.5 Å². The summed E-state index contributed by atoms with van der Waals surface area (Å²) in [4.78, 5) is 23.3. The summed E-state index contributed by atoms with van der Waals surface area (Å²) in [6.07, 6.45) is 0. The van der Waals surface area contributed by atoms with Crippen molar-refractivity contribution in [3.05, 3.63) is 74.8 Å². The average molecular weight is 298 g/mol. The van der Waals surface area contributed by atoms with Gasteiger partial charge in [-0.1, -0.05) is 24.3 Å². The SMILES string of the molecule is O=c1c(Nc2ccccc2)c(Nc2cccc(F)c2O)c1=O. The summed E-state index contributed by atoms with van der Waals surface area (Å²) in [5, 5.41) is 15.0. The van der Waals surface area contributed by atoms with Crippen molar-refractivity contribution in [1.82, 2.24) is 0 Å². The Kier molecular flexibility index (Phi) is 3.34. The molecule has 0 saturated carbocycles. The Bertz CT molecular complexity index is 900. The Morgan fingerprint density at radius 2 is 1.45 bits per heavy atom. The van der Waals surface area contributed by atoms with Crippen molar-refractivity contribution in [3.8, 4) is 5.75 Å². The van der Waals surface area contributed by atoms with Gasteiger partial charge >= 0.3 is 0 Å². The molecule has 0 saturated heterocycles. The van der Waals surface area contributed by atoms with E-state index >= 15 is 0 Å². The molecular weight excluding hydrogens is 287 g/mol. The number of para-hydroxylation sites is 2. The van der Waals surface area contributed by atoms with E-state index in [0.717, 1.165) is 6.07 Å². The van der Waals surface area contributed by atoms with E-state index in [1.807, 2.05) is 6.07 Å². The van der Waals surface area contributed by atoms with Crippen LogP contribution in [0.4, 0.5) is 27.1 Å². The second-order valence-corrected chi connectivity index (χ2v) is 4.66. The fourth-order valence-electron chi connectivity index (χ4n) is 2.05. The minimum absolute atomic E-state index is 0.00486. The van der Waals surface area contributed by atoms with Crippen LogP contribution in [0.3, 0.4) is 0 Å². The molecule has 0 amide bonds. The number of hydrogen-bond donors (Lipinski definition) is 3. The largest absolute Gasteiger partial charge is 0.503 e. The van der Waals surface area contributed by atoms with Crippen LogP contribution in [0.25, 0.3) is 0 Å². The number of benzene rings is 2. The molecule has 0 aliphatic carbocycles. The molecule has 3 N–H and O–H groups in total. The minimum Gasteiger partial charge on any atom is -0.503 e. The standard InChI is InChI=1S/C16H11FN2O3/c17-10-7-4-8-11(14(10)20)19-13-12(15(21)16(13)22)18-9-5-2-1-3-6-9/h1-8,18-20H. The summed E-state index contributed by atoms with van der Waals surface area (Å²) in [6.45, 7) is 0. The smallest absolute Gasteiger partial charge is 0.253 e. The lowest BCUT2D eigenvalue weighted by atomic mass is 10.1. The summed E-state index contributed by atoms with van der Waals surface area (Å²) < 4.78 is 13.3. The van der Waals surface area contributed by atoms with Crippen molar-refractivity contribution in [1.29, 1.82) is 0 Å². The Morgan fingerprint density at radius 3 is 2.14 bits per heavy atom. The van der Waals surface area contributed by atoms with Crippen LogP contribution in [0.2, 0.25) is 0 Å². The fraction of sp³-hybridized carbons (Fsp3) is 0. The third kappa shape index (κ3) is 2.31. The summed E-state index contributed by atoms with van der Waals surface area (Å²) in [5.41, 5.74) is -0.650. The van der Waals surface area contributed by atoms with Crippen LogP contribution in [0, 0.1) is 5.82 Å². The Balaban J connectivity index is 1.93. The quantitative estimate of drug-likeness (QED) is 0.510. The molecule has 0 fully saturated rings. The molecule has 0 radical (unpaired) electrons. The maximum absolute atomic E-state index is 13.3. The van der Waals surface area contributed by atoms with Crippen LogP contribution in [-0.4, -0.2) is 5.11 Å². The molecule has 110 valence electrons. The lowest BCUT2D eigenvalue weighted by Crippen LogP contribution is -2.35. The molecule has 3 aromatic rings. The first-order chi connectivity index (χ1) is 10.6. The van der Waals surface area contributed by atoms with Gasteiger partial charge in [0.25, 0.3) is 10.9 Å². The van der Waals surface area contributed by atoms with Gasteiger partial charge in [0, 0.05) is 5.69 Å². The zero-order valence-electron chi connectivity index (χ0n) is 11.3. The predicted molar refractivity (Wildman–Crippen MR) is 82.4 cm³/mol. The molecule has 0 aliphatic rings. The molecular formula is C16H11FN2O3. The molecule has 3 aromatic carbocycles. The van der Waals surface area contributed by atoms with Crippen molar-refractivity contribution in [2.24, 2.45) is 0 Å². The first kappa shape index (κ1) is 13.8. The first-order valence-corrected chi connectivity index (χ1v) is 6.48. The van der Waals surface area contributed by atoms with Gasteiger partial charge in [0.15, 0.2) is 11.6 Å². The molecule has 5 nitrogen and oxygen atoms in total. The molecule has 0 unspecified atom stereocenters. The van der Waals surface area contributed by atoms with Crippen LogP contribution in [0.15, 0.2) is 58.1 Å². The van der Waals surface area contributed by atoms with Gasteiger partial charge in [-0.25, -0.2) is 4.39 Å². The van der Waals surface area contributed by atoms with Gasteiger partial charge < -0.3 is 15.7 Å². The number of nitrogens with one attached hydrogen (secondary N) is 2. The monoisotopic (exact) mass is 298 g/mol. The van der Waals surface area contributed by atoms with E-state index in [9.17, 15) is 19.1 Å². The maximum Gasteiger partial charge on any atom is 0.253 e. The topological polar surface area (TPSA) is 78.4 Å². The van der Waals surface area contributed by atoms with Crippen molar-refractivity contribution in [2.45, 2.75) is 0 Å². The van der Waals surface area contributed by atoms with E-state index in [2.05, 4.69) is 10.6 Å². The Labute approximate surface area is 124 Å².